The molecule has 0 unspecified atom stereocenters. The molecule has 1 aromatic carbocycles. The zero-order valence-corrected chi connectivity index (χ0v) is 12.3. The Kier molecular flexibility index (Phi) is 6.37. The predicted molar refractivity (Wildman–Crippen MR) is 81.3 cm³/mol. The lowest BCUT2D eigenvalue weighted by molar-refractivity contribution is -0.111. The third kappa shape index (κ3) is 5.18. The summed E-state index contributed by atoms with van der Waals surface area (Å²) < 4.78 is 10.8. The number of hydrogen-bond donors (Lipinski definition) is 1. The van der Waals surface area contributed by atoms with Gasteiger partial charge in [-0.05, 0) is 32.9 Å². The molecule has 1 rings (SSSR count). The van der Waals surface area contributed by atoms with Crippen LogP contribution in [0.1, 0.15) is 20.8 Å². The molecule has 1 N–H and O–H groups in total. The summed E-state index contributed by atoms with van der Waals surface area (Å²) in [4.78, 5) is 11.8. The van der Waals surface area contributed by atoms with Crippen LogP contribution in [0.3, 0.4) is 0 Å². The number of rotatable bonds is 6. The molecule has 0 aliphatic heterocycles. The molecule has 0 aromatic heterocycles. The van der Waals surface area contributed by atoms with Crippen molar-refractivity contribution >= 4 is 11.6 Å². The van der Waals surface area contributed by atoms with Crippen LogP contribution in [0.2, 0.25) is 0 Å². The fraction of sp³-hybridized carbons (Fsp3) is 0.312. The molecule has 0 bridgehead atoms. The molecule has 0 aliphatic rings. The second kappa shape index (κ2) is 8.04. The normalized spacial score (nSPS) is 11.2. The van der Waals surface area contributed by atoms with Crippen LogP contribution < -0.4 is 14.8 Å². The summed E-state index contributed by atoms with van der Waals surface area (Å²) in [5, 5.41) is 2.78. The van der Waals surface area contributed by atoms with E-state index in [9.17, 15) is 4.79 Å². The van der Waals surface area contributed by atoms with Crippen molar-refractivity contribution < 1.29 is 14.3 Å². The minimum Gasteiger partial charge on any atom is -0.497 e. The maximum atomic E-state index is 11.8. The van der Waals surface area contributed by atoms with E-state index in [1.54, 1.807) is 37.5 Å². The van der Waals surface area contributed by atoms with Crippen molar-refractivity contribution in [2.24, 2.45) is 0 Å². The molecule has 0 spiro atoms. The van der Waals surface area contributed by atoms with Crippen molar-refractivity contribution in [2.75, 3.05) is 12.4 Å². The lowest BCUT2D eigenvalue weighted by Crippen LogP contribution is -2.12. The largest absolute Gasteiger partial charge is 0.497 e. The third-order valence-electron chi connectivity index (χ3n) is 2.36. The van der Waals surface area contributed by atoms with Crippen LogP contribution >= 0.6 is 0 Å². The number of carbonyl (C=O) groups excluding carboxylic acids is 1. The molecule has 0 fully saturated rings. The Morgan fingerprint density at radius 3 is 2.65 bits per heavy atom. The van der Waals surface area contributed by atoms with Crippen LogP contribution in [-0.2, 0) is 4.79 Å². The molecular weight excluding hydrogens is 254 g/mol. The Hall–Kier alpha value is -2.23. The van der Waals surface area contributed by atoms with Gasteiger partial charge in [-0.3, -0.25) is 4.79 Å². The van der Waals surface area contributed by atoms with Gasteiger partial charge in [-0.15, -0.1) is 0 Å². The predicted octanol–water partition coefficient (Wildman–Crippen LogP) is 3.55. The molecule has 0 heterocycles. The average Bonchev–Trinajstić information content (AvgIpc) is 2.40. The quantitative estimate of drug-likeness (QED) is 0.638. The summed E-state index contributed by atoms with van der Waals surface area (Å²) >= 11 is 0. The summed E-state index contributed by atoms with van der Waals surface area (Å²) in [7, 11) is 1.58. The van der Waals surface area contributed by atoms with E-state index in [2.05, 4.69) is 5.32 Å². The molecule has 1 aromatic rings. The van der Waals surface area contributed by atoms with Gasteiger partial charge < -0.3 is 14.8 Å². The Bertz CT molecular complexity index is 504. The number of amides is 1. The van der Waals surface area contributed by atoms with E-state index in [4.69, 9.17) is 9.47 Å². The Morgan fingerprint density at radius 2 is 2.05 bits per heavy atom. The number of nitrogens with one attached hydrogen (secondary N) is 1. The first-order chi connectivity index (χ1) is 9.56. The van der Waals surface area contributed by atoms with Gasteiger partial charge >= 0.3 is 0 Å². The van der Waals surface area contributed by atoms with E-state index < -0.39 is 0 Å². The van der Waals surface area contributed by atoms with Crippen LogP contribution in [0, 0.1) is 0 Å². The van der Waals surface area contributed by atoms with Crippen molar-refractivity contribution in [3.05, 3.63) is 42.5 Å². The highest BCUT2D eigenvalue weighted by Gasteiger charge is 2.09. The standard InChI is InChI=1S/C16H21NO3/c1-5-6-7-8-16(18)17-14-11-13(19-4)9-10-15(14)20-12(2)3/h5-12H,1-4H3,(H,17,18)/b6-5+,8-7+. The minimum absolute atomic E-state index is 0.0256. The smallest absolute Gasteiger partial charge is 0.248 e. The highest BCUT2D eigenvalue weighted by molar-refractivity contribution is 6.00. The summed E-state index contributed by atoms with van der Waals surface area (Å²) in [6.45, 7) is 5.75. The first-order valence-corrected chi connectivity index (χ1v) is 6.52. The molecule has 108 valence electrons. The molecule has 0 aliphatic carbocycles. The van der Waals surface area contributed by atoms with E-state index in [0.717, 1.165) is 0 Å². The maximum absolute atomic E-state index is 11.8. The van der Waals surface area contributed by atoms with Crippen LogP contribution in [0.25, 0.3) is 0 Å². The number of hydrogen-bond acceptors (Lipinski definition) is 3. The monoisotopic (exact) mass is 275 g/mol. The van der Waals surface area contributed by atoms with Crippen LogP contribution in [0.4, 0.5) is 5.69 Å². The number of anilines is 1. The molecule has 0 saturated carbocycles. The zero-order chi connectivity index (χ0) is 15.0. The Morgan fingerprint density at radius 1 is 1.30 bits per heavy atom. The van der Waals surface area contributed by atoms with Crippen LogP contribution in [-0.4, -0.2) is 19.1 Å². The van der Waals surface area contributed by atoms with Gasteiger partial charge in [0.2, 0.25) is 5.91 Å². The molecule has 20 heavy (non-hydrogen) atoms. The van der Waals surface area contributed by atoms with Gasteiger partial charge in [0.25, 0.3) is 0 Å². The van der Waals surface area contributed by atoms with E-state index in [1.165, 1.54) is 6.08 Å². The highest BCUT2D eigenvalue weighted by atomic mass is 16.5. The fourth-order valence-corrected chi connectivity index (χ4v) is 1.52. The SMILES string of the molecule is C/C=C/C=C/C(=O)Nc1cc(OC)ccc1OC(C)C. The first kappa shape index (κ1) is 15.8. The zero-order valence-electron chi connectivity index (χ0n) is 12.3. The number of ether oxygens (including phenoxy) is 2. The molecular formula is C16H21NO3. The van der Waals surface area contributed by atoms with Gasteiger partial charge in [0.15, 0.2) is 0 Å². The number of carbonyl (C=O) groups is 1. The van der Waals surface area contributed by atoms with Crippen molar-refractivity contribution in [2.45, 2.75) is 26.9 Å². The topological polar surface area (TPSA) is 47.6 Å². The van der Waals surface area contributed by atoms with Gasteiger partial charge in [-0.1, -0.05) is 18.2 Å². The lowest BCUT2D eigenvalue weighted by atomic mass is 10.2. The number of benzene rings is 1. The summed E-state index contributed by atoms with van der Waals surface area (Å²) in [5.41, 5.74) is 0.591. The summed E-state index contributed by atoms with van der Waals surface area (Å²) in [6.07, 6.45) is 6.80. The van der Waals surface area contributed by atoms with Crippen molar-refractivity contribution in [3.63, 3.8) is 0 Å². The molecule has 4 nitrogen and oxygen atoms in total. The highest BCUT2D eigenvalue weighted by Crippen LogP contribution is 2.30. The van der Waals surface area contributed by atoms with E-state index >= 15 is 0 Å². The summed E-state index contributed by atoms with van der Waals surface area (Å²) in [5.74, 6) is 1.06. The second-order valence-electron chi connectivity index (χ2n) is 4.40. The average molecular weight is 275 g/mol. The molecule has 4 heteroatoms. The van der Waals surface area contributed by atoms with Gasteiger partial charge in [-0.2, -0.15) is 0 Å². The van der Waals surface area contributed by atoms with E-state index in [1.807, 2.05) is 26.8 Å². The Labute approximate surface area is 120 Å². The summed E-state index contributed by atoms with van der Waals surface area (Å²) in [6, 6.07) is 5.31. The molecule has 0 radical (unpaired) electrons. The molecule has 0 saturated heterocycles. The molecule has 1 amide bonds. The number of allylic oxidation sites excluding steroid dienone is 3. The van der Waals surface area contributed by atoms with Gasteiger partial charge in [-0.25, -0.2) is 0 Å². The second-order valence-corrected chi connectivity index (χ2v) is 4.40. The maximum Gasteiger partial charge on any atom is 0.248 e. The van der Waals surface area contributed by atoms with Crippen molar-refractivity contribution in [1.29, 1.82) is 0 Å². The third-order valence-corrected chi connectivity index (χ3v) is 2.36. The lowest BCUT2D eigenvalue weighted by Gasteiger charge is -2.15. The van der Waals surface area contributed by atoms with Crippen LogP contribution in [0.5, 0.6) is 11.5 Å². The van der Waals surface area contributed by atoms with E-state index in [-0.39, 0.29) is 12.0 Å². The van der Waals surface area contributed by atoms with E-state index in [0.29, 0.717) is 17.2 Å². The van der Waals surface area contributed by atoms with Gasteiger partial charge in [0.1, 0.15) is 11.5 Å². The first-order valence-electron chi connectivity index (χ1n) is 6.52. The van der Waals surface area contributed by atoms with Gasteiger partial charge in [0.05, 0.1) is 18.9 Å². The number of methoxy groups -OCH3 is 1. The fourth-order valence-electron chi connectivity index (χ4n) is 1.52. The van der Waals surface area contributed by atoms with Crippen molar-refractivity contribution in [3.8, 4) is 11.5 Å². The van der Waals surface area contributed by atoms with Gasteiger partial charge in [0, 0.05) is 12.1 Å². The minimum atomic E-state index is -0.218. The van der Waals surface area contributed by atoms with Crippen LogP contribution in [0.15, 0.2) is 42.5 Å². The van der Waals surface area contributed by atoms with Crippen molar-refractivity contribution in [1.82, 2.24) is 0 Å². The molecule has 0 atom stereocenters. The Balaban J connectivity index is 2.92.